The van der Waals surface area contributed by atoms with E-state index in [2.05, 4.69) is 4.90 Å². The van der Waals surface area contributed by atoms with Crippen LogP contribution in [0, 0.1) is 0 Å². The number of anilines is 1. The van der Waals surface area contributed by atoms with Crippen LogP contribution in [0.3, 0.4) is 0 Å². The Bertz CT molecular complexity index is 348. The molecule has 2 N–H and O–H groups in total. The minimum Gasteiger partial charge on any atom is -0.394 e. The van der Waals surface area contributed by atoms with Crippen LogP contribution in [0.15, 0.2) is 24.3 Å². The summed E-state index contributed by atoms with van der Waals surface area (Å²) in [6.45, 7) is 3.00. The third-order valence-corrected chi connectivity index (χ3v) is 3.55. The quantitative estimate of drug-likeness (QED) is 0.843. The summed E-state index contributed by atoms with van der Waals surface area (Å²) in [5, 5.41) is 18.9. The zero-order valence-electron chi connectivity index (χ0n) is 10.3. The number of hydrogen-bond acceptors (Lipinski definition) is 3. The highest BCUT2D eigenvalue weighted by Gasteiger charge is 2.21. The average Bonchev–Trinajstić information content (AvgIpc) is 2.39. The summed E-state index contributed by atoms with van der Waals surface area (Å²) in [7, 11) is 0. The van der Waals surface area contributed by atoms with Gasteiger partial charge >= 0.3 is 0 Å². The van der Waals surface area contributed by atoms with Gasteiger partial charge in [-0.3, -0.25) is 0 Å². The molecule has 0 bridgehead atoms. The van der Waals surface area contributed by atoms with Crippen molar-refractivity contribution in [1.29, 1.82) is 0 Å². The second-order valence-corrected chi connectivity index (χ2v) is 4.79. The topological polar surface area (TPSA) is 43.7 Å². The third kappa shape index (κ3) is 2.79. The smallest absolute Gasteiger partial charge is 0.0761 e. The molecule has 1 aromatic carbocycles. The first-order valence-electron chi connectivity index (χ1n) is 6.38. The van der Waals surface area contributed by atoms with Crippen LogP contribution in [0.25, 0.3) is 0 Å². The lowest BCUT2D eigenvalue weighted by atomic mass is 10.0. The Balaban J connectivity index is 2.15. The van der Waals surface area contributed by atoms with Crippen molar-refractivity contribution in [1.82, 2.24) is 0 Å². The lowest BCUT2D eigenvalue weighted by Crippen LogP contribution is -2.41. The van der Waals surface area contributed by atoms with E-state index >= 15 is 0 Å². The summed E-state index contributed by atoms with van der Waals surface area (Å²) in [6.07, 6.45) is 3.04. The molecule has 94 valence electrons. The van der Waals surface area contributed by atoms with Crippen LogP contribution in [0.2, 0.25) is 0 Å². The second kappa shape index (κ2) is 5.52. The van der Waals surface area contributed by atoms with Crippen LogP contribution in [-0.4, -0.2) is 29.4 Å². The maximum atomic E-state index is 9.47. The van der Waals surface area contributed by atoms with Gasteiger partial charge in [0.1, 0.15) is 0 Å². The van der Waals surface area contributed by atoms with E-state index in [1.165, 1.54) is 12.8 Å². The summed E-state index contributed by atoms with van der Waals surface area (Å²) >= 11 is 0. The molecule has 0 amide bonds. The van der Waals surface area contributed by atoms with Gasteiger partial charge in [0.2, 0.25) is 0 Å². The number of benzene rings is 1. The first-order valence-corrected chi connectivity index (χ1v) is 6.38. The zero-order valence-corrected chi connectivity index (χ0v) is 10.3. The molecule has 1 unspecified atom stereocenters. The SMILES string of the molecule is C[C@H](O)c1ccc(N2CCCCC2CO)cc1. The van der Waals surface area contributed by atoms with Crippen LogP contribution < -0.4 is 4.90 Å². The Hall–Kier alpha value is -1.06. The highest BCUT2D eigenvalue weighted by Crippen LogP contribution is 2.25. The predicted molar refractivity (Wildman–Crippen MR) is 69.1 cm³/mol. The predicted octanol–water partition coefficient (Wildman–Crippen LogP) is 2.09. The fourth-order valence-electron chi connectivity index (χ4n) is 2.47. The summed E-state index contributed by atoms with van der Waals surface area (Å²) < 4.78 is 0. The Labute approximate surface area is 103 Å². The van der Waals surface area contributed by atoms with Crippen LogP contribution in [0.4, 0.5) is 5.69 Å². The first-order chi connectivity index (χ1) is 8.22. The molecule has 1 fully saturated rings. The molecule has 0 aliphatic carbocycles. The molecule has 1 saturated heterocycles. The maximum Gasteiger partial charge on any atom is 0.0761 e. The highest BCUT2D eigenvalue weighted by molar-refractivity contribution is 5.49. The molecule has 17 heavy (non-hydrogen) atoms. The number of aliphatic hydroxyl groups excluding tert-OH is 2. The fourth-order valence-corrected chi connectivity index (χ4v) is 2.47. The maximum absolute atomic E-state index is 9.47. The van der Waals surface area contributed by atoms with Crippen molar-refractivity contribution in [2.24, 2.45) is 0 Å². The van der Waals surface area contributed by atoms with Gasteiger partial charge in [0.05, 0.1) is 18.8 Å². The van der Waals surface area contributed by atoms with Crippen molar-refractivity contribution in [3.63, 3.8) is 0 Å². The van der Waals surface area contributed by atoms with Crippen LogP contribution >= 0.6 is 0 Å². The van der Waals surface area contributed by atoms with E-state index in [0.717, 1.165) is 24.2 Å². The normalized spacial score (nSPS) is 22.5. The monoisotopic (exact) mass is 235 g/mol. The van der Waals surface area contributed by atoms with E-state index in [-0.39, 0.29) is 12.6 Å². The van der Waals surface area contributed by atoms with Crippen molar-refractivity contribution in [3.05, 3.63) is 29.8 Å². The van der Waals surface area contributed by atoms with Crippen molar-refractivity contribution >= 4 is 5.69 Å². The van der Waals surface area contributed by atoms with Gasteiger partial charge in [0, 0.05) is 12.2 Å². The molecule has 2 rings (SSSR count). The molecule has 1 aliphatic rings. The molecule has 0 aromatic heterocycles. The Morgan fingerprint density at radius 2 is 2.00 bits per heavy atom. The van der Waals surface area contributed by atoms with E-state index in [0.29, 0.717) is 0 Å². The van der Waals surface area contributed by atoms with Gasteiger partial charge in [-0.1, -0.05) is 12.1 Å². The number of hydrogen-bond donors (Lipinski definition) is 2. The summed E-state index contributed by atoms with van der Waals surface area (Å²) in [5.41, 5.74) is 2.08. The van der Waals surface area contributed by atoms with Gasteiger partial charge in [-0.25, -0.2) is 0 Å². The van der Waals surface area contributed by atoms with Crippen molar-refractivity contribution in [3.8, 4) is 0 Å². The number of rotatable bonds is 3. The van der Waals surface area contributed by atoms with Crippen LogP contribution in [0.1, 0.15) is 37.9 Å². The lowest BCUT2D eigenvalue weighted by Gasteiger charge is -2.36. The van der Waals surface area contributed by atoms with Gasteiger partial charge < -0.3 is 15.1 Å². The largest absolute Gasteiger partial charge is 0.394 e. The number of aliphatic hydroxyl groups is 2. The standard InChI is InChI=1S/C14H21NO2/c1-11(17)12-5-7-13(8-6-12)15-9-3-2-4-14(15)10-16/h5-8,11,14,16-17H,2-4,9-10H2,1H3/t11-,14?/m0/s1. The molecule has 3 nitrogen and oxygen atoms in total. The van der Waals surface area contributed by atoms with E-state index in [1.54, 1.807) is 6.92 Å². The van der Waals surface area contributed by atoms with E-state index < -0.39 is 6.10 Å². The minimum absolute atomic E-state index is 0.220. The van der Waals surface area contributed by atoms with Gasteiger partial charge in [0.15, 0.2) is 0 Å². The van der Waals surface area contributed by atoms with Crippen molar-refractivity contribution in [2.75, 3.05) is 18.1 Å². The van der Waals surface area contributed by atoms with E-state index in [9.17, 15) is 10.2 Å². The van der Waals surface area contributed by atoms with E-state index in [1.807, 2.05) is 24.3 Å². The molecule has 0 saturated carbocycles. The Morgan fingerprint density at radius 1 is 1.29 bits per heavy atom. The lowest BCUT2D eigenvalue weighted by molar-refractivity contribution is 0.199. The van der Waals surface area contributed by atoms with E-state index in [4.69, 9.17) is 0 Å². The average molecular weight is 235 g/mol. The molecule has 1 heterocycles. The number of nitrogens with zero attached hydrogens (tertiary/aromatic N) is 1. The van der Waals surface area contributed by atoms with Gasteiger partial charge in [-0.05, 0) is 43.9 Å². The molecule has 0 spiro atoms. The van der Waals surface area contributed by atoms with Crippen LogP contribution in [0.5, 0.6) is 0 Å². The summed E-state index contributed by atoms with van der Waals surface area (Å²) in [6, 6.07) is 8.25. The molecule has 3 heteroatoms. The van der Waals surface area contributed by atoms with Gasteiger partial charge in [-0.15, -0.1) is 0 Å². The molecular formula is C14H21NO2. The summed E-state index contributed by atoms with van der Waals surface area (Å²) in [5.74, 6) is 0. The molecular weight excluding hydrogens is 214 g/mol. The Kier molecular flexibility index (Phi) is 4.02. The number of piperidine rings is 1. The van der Waals surface area contributed by atoms with Gasteiger partial charge in [-0.2, -0.15) is 0 Å². The highest BCUT2D eigenvalue weighted by atomic mass is 16.3. The molecule has 1 aromatic rings. The van der Waals surface area contributed by atoms with Crippen molar-refractivity contribution < 1.29 is 10.2 Å². The minimum atomic E-state index is -0.418. The van der Waals surface area contributed by atoms with Crippen molar-refractivity contribution in [2.45, 2.75) is 38.3 Å². The second-order valence-electron chi connectivity index (χ2n) is 4.79. The zero-order chi connectivity index (χ0) is 12.3. The molecule has 2 atom stereocenters. The first kappa shape index (κ1) is 12.4. The molecule has 0 radical (unpaired) electrons. The Morgan fingerprint density at radius 3 is 2.59 bits per heavy atom. The third-order valence-electron chi connectivity index (χ3n) is 3.55. The fraction of sp³-hybridized carbons (Fsp3) is 0.571. The van der Waals surface area contributed by atoms with Crippen LogP contribution in [-0.2, 0) is 0 Å². The summed E-state index contributed by atoms with van der Waals surface area (Å²) in [4.78, 5) is 2.27. The molecule has 1 aliphatic heterocycles. The van der Waals surface area contributed by atoms with Gasteiger partial charge in [0.25, 0.3) is 0 Å².